The van der Waals surface area contributed by atoms with Gasteiger partial charge in [0.1, 0.15) is 12.2 Å². The van der Waals surface area contributed by atoms with Crippen molar-refractivity contribution in [1.29, 1.82) is 0 Å². The van der Waals surface area contributed by atoms with Crippen molar-refractivity contribution in [3.05, 3.63) is 12.2 Å². The van der Waals surface area contributed by atoms with Crippen molar-refractivity contribution in [1.82, 2.24) is 20.1 Å². The Kier molecular flexibility index (Phi) is 4.35. The maximum absolute atomic E-state index is 10.7. The monoisotopic (exact) mass is 252 g/mol. The van der Waals surface area contributed by atoms with E-state index in [1.807, 2.05) is 11.6 Å². The fourth-order valence-electron chi connectivity index (χ4n) is 2.67. The highest BCUT2D eigenvalue weighted by Crippen LogP contribution is 2.26. The van der Waals surface area contributed by atoms with Crippen LogP contribution in [0.4, 0.5) is 0 Å². The number of hydrogen-bond donors (Lipinski definition) is 2. The first kappa shape index (κ1) is 13.5. The zero-order valence-electron chi connectivity index (χ0n) is 11.4. The molecule has 0 amide bonds. The topological polar surface area (TPSA) is 63.0 Å². The van der Waals surface area contributed by atoms with Crippen molar-refractivity contribution < 1.29 is 5.11 Å². The van der Waals surface area contributed by atoms with Gasteiger partial charge in [-0.15, -0.1) is 0 Å². The molecule has 1 aromatic heterocycles. The summed E-state index contributed by atoms with van der Waals surface area (Å²) in [6, 6.07) is 0. The number of rotatable bonds is 5. The van der Waals surface area contributed by atoms with Crippen molar-refractivity contribution in [3.63, 3.8) is 0 Å². The van der Waals surface area contributed by atoms with E-state index in [0.29, 0.717) is 12.3 Å². The van der Waals surface area contributed by atoms with E-state index in [4.69, 9.17) is 0 Å². The maximum Gasteiger partial charge on any atom is 0.138 e. The summed E-state index contributed by atoms with van der Waals surface area (Å²) in [6.07, 6.45) is 5.42. The Morgan fingerprint density at radius 3 is 3.11 bits per heavy atom. The van der Waals surface area contributed by atoms with Gasteiger partial charge in [-0.05, 0) is 32.7 Å². The van der Waals surface area contributed by atoms with Crippen molar-refractivity contribution in [2.24, 2.45) is 5.92 Å². The van der Waals surface area contributed by atoms with Gasteiger partial charge >= 0.3 is 0 Å². The molecule has 0 radical (unpaired) electrons. The molecule has 1 aliphatic rings. The average molecular weight is 252 g/mol. The third kappa shape index (κ3) is 3.09. The highest BCUT2D eigenvalue weighted by Gasteiger charge is 2.34. The number of aromatic nitrogens is 3. The molecule has 0 spiro atoms. The second-order valence-electron chi connectivity index (χ2n) is 5.48. The first-order chi connectivity index (χ1) is 8.63. The highest BCUT2D eigenvalue weighted by atomic mass is 16.3. The molecule has 102 valence electrons. The summed E-state index contributed by atoms with van der Waals surface area (Å²) < 4.78 is 1.91. The fourth-order valence-corrected chi connectivity index (χ4v) is 2.67. The standard InChI is InChI=1S/C13H24N4O/c1-3-7-17-12(15-10-16-17)8-13(2,18)11-5-4-6-14-9-11/h10-11,14,18H,3-9H2,1-2H3. The quantitative estimate of drug-likeness (QED) is 0.820. The van der Waals surface area contributed by atoms with Crippen LogP contribution in [0.2, 0.25) is 0 Å². The molecule has 1 aromatic rings. The van der Waals surface area contributed by atoms with Crippen LogP contribution >= 0.6 is 0 Å². The molecule has 1 aliphatic heterocycles. The van der Waals surface area contributed by atoms with Crippen molar-refractivity contribution >= 4 is 0 Å². The third-order valence-electron chi connectivity index (χ3n) is 3.82. The lowest BCUT2D eigenvalue weighted by Crippen LogP contribution is -2.46. The van der Waals surface area contributed by atoms with Gasteiger partial charge in [0, 0.05) is 25.4 Å². The average Bonchev–Trinajstić information content (AvgIpc) is 2.78. The molecule has 2 heterocycles. The van der Waals surface area contributed by atoms with Crippen LogP contribution < -0.4 is 5.32 Å². The lowest BCUT2D eigenvalue weighted by molar-refractivity contribution is -0.0126. The molecule has 1 saturated heterocycles. The molecule has 2 N–H and O–H groups in total. The zero-order chi connectivity index (χ0) is 13.0. The normalized spacial score (nSPS) is 23.8. The second-order valence-corrected chi connectivity index (χ2v) is 5.48. The largest absolute Gasteiger partial charge is 0.389 e. The smallest absolute Gasteiger partial charge is 0.138 e. The Hall–Kier alpha value is -0.940. The minimum Gasteiger partial charge on any atom is -0.389 e. The van der Waals surface area contributed by atoms with Crippen molar-refractivity contribution in [3.8, 4) is 0 Å². The summed E-state index contributed by atoms with van der Waals surface area (Å²) >= 11 is 0. The zero-order valence-corrected chi connectivity index (χ0v) is 11.4. The SMILES string of the molecule is CCCn1ncnc1CC(C)(O)C1CCCNC1. The van der Waals surface area contributed by atoms with Gasteiger partial charge in [-0.1, -0.05) is 6.92 Å². The third-order valence-corrected chi connectivity index (χ3v) is 3.82. The second kappa shape index (κ2) is 5.80. The Balaban J connectivity index is 2.03. The molecule has 5 heteroatoms. The van der Waals surface area contributed by atoms with Gasteiger partial charge in [-0.3, -0.25) is 4.68 Å². The van der Waals surface area contributed by atoms with Crippen molar-refractivity contribution in [2.75, 3.05) is 13.1 Å². The Morgan fingerprint density at radius 1 is 1.61 bits per heavy atom. The lowest BCUT2D eigenvalue weighted by Gasteiger charge is -2.35. The van der Waals surface area contributed by atoms with Crippen molar-refractivity contribution in [2.45, 2.75) is 51.7 Å². The number of nitrogens with zero attached hydrogens (tertiary/aromatic N) is 3. The molecule has 5 nitrogen and oxygen atoms in total. The number of hydrogen-bond acceptors (Lipinski definition) is 4. The van der Waals surface area contributed by atoms with Gasteiger partial charge in [-0.2, -0.15) is 5.10 Å². The predicted octanol–water partition coefficient (Wildman–Crippen LogP) is 0.981. The van der Waals surface area contributed by atoms with Crippen LogP contribution in [0, 0.1) is 5.92 Å². The molecule has 1 fully saturated rings. The summed E-state index contributed by atoms with van der Waals surface area (Å²) in [4.78, 5) is 4.29. The van der Waals surface area contributed by atoms with Gasteiger partial charge in [0.15, 0.2) is 0 Å². The molecular formula is C13H24N4O. The van der Waals surface area contributed by atoms with E-state index < -0.39 is 5.60 Å². The Bertz CT molecular complexity index is 369. The van der Waals surface area contributed by atoms with Crippen LogP contribution in [0.5, 0.6) is 0 Å². The molecule has 0 bridgehead atoms. The van der Waals surface area contributed by atoms with E-state index in [0.717, 1.165) is 44.7 Å². The van der Waals surface area contributed by atoms with E-state index >= 15 is 0 Å². The van der Waals surface area contributed by atoms with Crippen LogP contribution in [-0.2, 0) is 13.0 Å². The minimum absolute atomic E-state index is 0.304. The number of aryl methyl sites for hydroxylation is 1. The summed E-state index contributed by atoms with van der Waals surface area (Å²) in [6.45, 7) is 6.88. The van der Waals surface area contributed by atoms with E-state index in [9.17, 15) is 5.11 Å². The Labute approximate surface area is 109 Å². The van der Waals surface area contributed by atoms with E-state index in [1.54, 1.807) is 6.33 Å². The summed E-state index contributed by atoms with van der Waals surface area (Å²) in [5.74, 6) is 1.20. The fraction of sp³-hybridized carbons (Fsp3) is 0.846. The first-order valence-electron chi connectivity index (χ1n) is 6.93. The summed E-state index contributed by atoms with van der Waals surface area (Å²) in [7, 11) is 0. The van der Waals surface area contributed by atoms with E-state index in [2.05, 4.69) is 22.3 Å². The van der Waals surface area contributed by atoms with Crippen LogP contribution in [0.15, 0.2) is 6.33 Å². The Morgan fingerprint density at radius 2 is 2.44 bits per heavy atom. The highest BCUT2D eigenvalue weighted by molar-refractivity contribution is 4.97. The number of aliphatic hydroxyl groups is 1. The minimum atomic E-state index is -0.702. The molecule has 18 heavy (non-hydrogen) atoms. The van der Waals surface area contributed by atoms with E-state index in [-0.39, 0.29) is 0 Å². The van der Waals surface area contributed by atoms with Gasteiger partial charge in [0.25, 0.3) is 0 Å². The lowest BCUT2D eigenvalue weighted by atomic mass is 9.81. The van der Waals surface area contributed by atoms with Crippen LogP contribution in [0.25, 0.3) is 0 Å². The molecule has 2 rings (SSSR count). The predicted molar refractivity (Wildman–Crippen MR) is 70.2 cm³/mol. The molecule has 0 saturated carbocycles. The molecule has 0 aromatic carbocycles. The van der Waals surface area contributed by atoms with Gasteiger partial charge in [0.05, 0.1) is 5.60 Å². The van der Waals surface area contributed by atoms with Crippen LogP contribution in [-0.4, -0.2) is 38.6 Å². The number of piperidine rings is 1. The maximum atomic E-state index is 10.7. The number of nitrogens with one attached hydrogen (secondary N) is 1. The van der Waals surface area contributed by atoms with Gasteiger partial charge in [-0.25, -0.2) is 4.98 Å². The molecule has 2 unspecified atom stereocenters. The van der Waals surface area contributed by atoms with Crippen LogP contribution in [0.1, 0.15) is 38.9 Å². The summed E-state index contributed by atoms with van der Waals surface area (Å²) in [5, 5.41) is 18.3. The van der Waals surface area contributed by atoms with Gasteiger partial charge < -0.3 is 10.4 Å². The molecule has 0 aliphatic carbocycles. The molecule has 2 atom stereocenters. The first-order valence-corrected chi connectivity index (χ1v) is 6.93. The van der Waals surface area contributed by atoms with Gasteiger partial charge in [0.2, 0.25) is 0 Å². The van der Waals surface area contributed by atoms with E-state index in [1.165, 1.54) is 0 Å². The van der Waals surface area contributed by atoms with Crippen LogP contribution in [0.3, 0.4) is 0 Å². The summed E-state index contributed by atoms with van der Waals surface area (Å²) in [5.41, 5.74) is -0.702. The molecular weight excluding hydrogens is 228 g/mol.